The molecule has 0 aromatic heterocycles. The Hall–Kier alpha value is -1.85. The number of fused-ring (bicyclic) bond motifs is 5. The molecule has 0 N–H and O–H groups in total. The third-order valence-corrected chi connectivity index (χ3v) is 8.66. The first-order valence-corrected chi connectivity index (χ1v) is 11.6. The summed E-state index contributed by atoms with van der Waals surface area (Å²) in [5.41, 5.74) is 2.55. The molecule has 0 spiro atoms. The molecule has 2 aliphatic carbocycles. The van der Waals surface area contributed by atoms with Crippen molar-refractivity contribution in [2.75, 3.05) is 37.6 Å². The summed E-state index contributed by atoms with van der Waals surface area (Å²) in [5.74, 6) is 1.08. The second kappa shape index (κ2) is 6.83. The van der Waals surface area contributed by atoms with Gasteiger partial charge in [0, 0.05) is 50.2 Å². The van der Waals surface area contributed by atoms with Crippen LogP contribution < -0.4 is 4.90 Å². The van der Waals surface area contributed by atoms with Gasteiger partial charge in [-0.2, -0.15) is 0 Å². The van der Waals surface area contributed by atoms with Crippen LogP contribution in [-0.4, -0.2) is 61.4 Å². The lowest BCUT2D eigenvalue weighted by Crippen LogP contribution is -2.49. The Bertz CT molecular complexity index is 849. The van der Waals surface area contributed by atoms with Crippen molar-refractivity contribution < 1.29 is 14.3 Å². The summed E-state index contributed by atoms with van der Waals surface area (Å²) in [6.45, 7) is 11.5. The number of benzene rings is 1. The van der Waals surface area contributed by atoms with E-state index in [0.717, 1.165) is 52.0 Å². The molecule has 6 rings (SSSR count). The van der Waals surface area contributed by atoms with Gasteiger partial charge in [-0.3, -0.25) is 9.69 Å². The molecule has 160 valence electrons. The van der Waals surface area contributed by atoms with Gasteiger partial charge in [-0.05, 0) is 44.2 Å². The first-order chi connectivity index (χ1) is 14.5. The fourth-order valence-electron chi connectivity index (χ4n) is 6.87. The van der Waals surface area contributed by atoms with Gasteiger partial charge in [0.05, 0.1) is 17.6 Å². The molecule has 0 bridgehead atoms. The van der Waals surface area contributed by atoms with Crippen LogP contribution in [0.4, 0.5) is 5.69 Å². The largest absolute Gasteiger partial charge is 0.461 e. The van der Waals surface area contributed by atoms with Crippen LogP contribution in [0.5, 0.6) is 0 Å². The van der Waals surface area contributed by atoms with E-state index < -0.39 is 0 Å². The number of carbonyl (C=O) groups excluding carboxylic acids is 1. The van der Waals surface area contributed by atoms with Crippen LogP contribution in [-0.2, 0) is 14.3 Å². The van der Waals surface area contributed by atoms with E-state index in [-0.39, 0.29) is 23.6 Å². The van der Waals surface area contributed by atoms with Gasteiger partial charge < -0.3 is 14.4 Å². The number of allylic oxidation sites excluding steroid dienone is 1. The Kier molecular flexibility index (Phi) is 4.30. The number of carbonyl (C=O) groups is 1. The molecule has 3 heterocycles. The second-order valence-corrected chi connectivity index (χ2v) is 10.2. The van der Waals surface area contributed by atoms with E-state index in [9.17, 15) is 4.79 Å². The molecule has 0 amide bonds. The van der Waals surface area contributed by atoms with Crippen LogP contribution in [0.15, 0.2) is 42.5 Å². The molecular formula is C25H32N2O3. The van der Waals surface area contributed by atoms with Gasteiger partial charge in [-0.1, -0.05) is 30.4 Å². The number of nitrogens with zero attached hydrogens (tertiary/aromatic N) is 2. The Morgan fingerprint density at radius 2 is 1.93 bits per heavy atom. The van der Waals surface area contributed by atoms with E-state index in [0.29, 0.717) is 23.9 Å². The lowest BCUT2D eigenvalue weighted by Gasteiger charge is -2.37. The van der Waals surface area contributed by atoms with Crippen molar-refractivity contribution in [2.24, 2.45) is 23.7 Å². The van der Waals surface area contributed by atoms with Crippen LogP contribution in [0.25, 0.3) is 0 Å². The summed E-state index contributed by atoms with van der Waals surface area (Å²) in [6.07, 6.45) is 3.46. The SMILES string of the molecule is C=C1CC[C@@H]2[C@H](OC(=O)[C@@H]2CN2CCN(c3ccccc3)CC2)[C@@H]2[C@H]1C[C@H]1O[C@@]21C. The fourth-order valence-corrected chi connectivity index (χ4v) is 6.87. The maximum Gasteiger partial charge on any atom is 0.310 e. The standard InChI is InChI=1S/C25H32N2O3/c1-16-8-9-18-20(15-26-10-12-27(13-11-26)17-6-4-3-5-7-17)24(28)29-23(18)22-19(16)14-21-25(22,2)30-21/h3-7,18-23H,1,8-15H2,2H3/t18-,19-,20+,21+,22-,23-,25+/m0/s1. The summed E-state index contributed by atoms with van der Waals surface area (Å²) in [6, 6.07) is 10.6. The van der Waals surface area contributed by atoms with Crippen molar-refractivity contribution in [1.29, 1.82) is 0 Å². The number of piperazine rings is 1. The van der Waals surface area contributed by atoms with Crippen molar-refractivity contribution in [1.82, 2.24) is 4.90 Å². The van der Waals surface area contributed by atoms with Gasteiger partial charge in [-0.15, -0.1) is 0 Å². The molecule has 5 fully saturated rings. The summed E-state index contributed by atoms with van der Waals surface area (Å²) in [7, 11) is 0. The zero-order valence-corrected chi connectivity index (χ0v) is 17.8. The van der Waals surface area contributed by atoms with Gasteiger partial charge in [0.15, 0.2) is 0 Å². The number of hydrogen-bond donors (Lipinski definition) is 0. The van der Waals surface area contributed by atoms with Crippen LogP contribution in [0.3, 0.4) is 0 Å². The summed E-state index contributed by atoms with van der Waals surface area (Å²) < 4.78 is 12.2. The number of rotatable bonds is 3. The predicted molar refractivity (Wildman–Crippen MR) is 115 cm³/mol. The Morgan fingerprint density at radius 3 is 2.70 bits per heavy atom. The Balaban J connectivity index is 1.15. The van der Waals surface area contributed by atoms with E-state index >= 15 is 0 Å². The molecule has 5 heteroatoms. The number of ether oxygens (including phenoxy) is 2. The van der Waals surface area contributed by atoms with E-state index in [2.05, 4.69) is 53.6 Å². The smallest absolute Gasteiger partial charge is 0.310 e. The molecule has 3 aliphatic heterocycles. The second-order valence-electron chi connectivity index (χ2n) is 10.2. The Labute approximate surface area is 179 Å². The lowest BCUT2D eigenvalue weighted by atomic mass is 9.77. The maximum atomic E-state index is 13.0. The molecule has 5 aliphatic rings. The van der Waals surface area contributed by atoms with E-state index in [4.69, 9.17) is 9.47 Å². The van der Waals surface area contributed by atoms with Crippen molar-refractivity contribution >= 4 is 11.7 Å². The highest BCUT2D eigenvalue weighted by Gasteiger charge is 2.71. The normalized spacial score (nSPS) is 42.9. The average molecular weight is 409 g/mol. The number of hydrogen-bond acceptors (Lipinski definition) is 5. The zero-order chi connectivity index (χ0) is 20.5. The zero-order valence-electron chi connectivity index (χ0n) is 17.8. The van der Waals surface area contributed by atoms with Gasteiger partial charge in [0.1, 0.15) is 6.10 Å². The molecule has 30 heavy (non-hydrogen) atoms. The lowest BCUT2D eigenvalue weighted by molar-refractivity contribution is -0.147. The van der Waals surface area contributed by atoms with Gasteiger partial charge in [0.25, 0.3) is 0 Å². The number of anilines is 1. The van der Waals surface area contributed by atoms with E-state index in [1.807, 2.05) is 0 Å². The minimum absolute atomic E-state index is 0.00812. The third-order valence-electron chi connectivity index (χ3n) is 8.66. The fraction of sp³-hybridized carbons (Fsp3) is 0.640. The first kappa shape index (κ1) is 18.9. The maximum absolute atomic E-state index is 13.0. The monoisotopic (exact) mass is 408 g/mol. The average Bonchev–Trinajstić information content (AvgIpc) is 3.24. The first-order valence-electron chi connectivity index (χ1n) is 11.6. The summed E-state index contributed by atoms with van der Waals surface area (Å²) >= 11 is 0. The summed E-state index contributed by atoms with van der Waals surface area (Å²) in [5, 5.41) is 0. The van der Waals surface area contributed by atoms with Gasteiger partial charge >= 0.3 is 5.97 Å². The predicted octanol–water partition coefficient (Wildman–Crippen LogP) is 3.11. The van der Waals surface area contributed by atoms with Crippen LogP contribution in [0, 0.1) is 23.7 Å². The van der Waals surface area contributed by atoms with Gasteiger partial charge in [0.2, 0.25) is 0 Å². The summed E-state index contributed by atoms with van der Waals surface area (Å²) in [4.78, 5) is 17.9. The molecule has 0 unspecified atom stereocenters. The third kappa shape index (κ3) is 2.85. The number of epoxide rings is 1. The highest BCUT2D eigenvalue weighted by Crippen LogP contribution is 2.63. The van der Waals surface area contributed by atoms with Crippen molar-refractivity contribution in [3.8, 4) is 0 Å². The van der Waals surface area contributed by atoms with Crippen molar-refractivity contribution in [2.45, 2.75) is 44.0 Å². The van der Waals surface area contributed by atoms with Crippen LogP contribution in [0.1, 0.15) is 26.2 Å². The quantitative estimate of drug-likeness (QED) is 0.437. The molecule has 1 aromatic rings. The number of para-hydroxylation sites is 1. The molecule has 2 saturated carbocycles. The van der Waals surface area contributed by atoms with Crippen molar-refractivity contribution in [3.05, 3.63) is 42.5 Å². The molecule has 3 saturated heterocycles. The van der Waals surface area contributed by atoms with Gasteiger partial charge in [-0.25, -0.2) is 0 Å². The van der Waals surface area contributed by atoms with E-state index in [1.165, 1.54) is 11.3 Å². The van der Waals surface area contributed by atoms with Crippen molar-refractivity contribution in [3.63, 3.8) is 0 Å². The Morgan fingerprint density at radius 1 is 1.17 bits per heavy atom. The highest BCUT2D eigenvalue weighted by molar-refractivity contribution is 5.76. The van der Waals surface area contributed by atoms with Crippen LogP contribution >= 0.6 is 0 Å². The molecule has 7 atom stereocenters. The molecule has 1 aromatic carbocycles. The molecule has 5 nitrogen and oxygen atoms in total. The highest BCUT2D eigenvalue weighted by atomic mass is 16.6. The molecular weight excluding hydrogens is 376 g/mol. The topological polar surface area (TPSA) is 45.3 Å². The minimum atomic E-state index is -0.0999. The molecule has 0 radical (unpaired) electrons. The minimum Gasteiger partial charge on any atom is -0.461 e. The number of esters is 1. The van der Waals surface area contributed by atoms with E-state index in [1.54, 1.807) is 0 Å². The van der Waals surface area contributed by atoms with Crippen LogP contribution in [0.2, 0.25) is 0 Å².